The second kappa shape index (κ2) is 11.2. The van der Waals surface area contributed by atoms with Crippen LogP contribution in [0.5, 0.6) is 11.5 Å². The first-order valence-corrected chi connectivity index (χ1v) is 12.0. The number of nitro benzene ring substituents is 1. The van der Waals surface area contributed by atoms with Crippen LogP contribution < -0.4 is 14.2 Å². The largest absolute Gasteiger partial charge is 0.490 e. The third-order valence-corrected chi connectivity index (χ3v) is 6.00. The van der Waals surface area contributed by atoms with Gasteiger partial charge in [0.1, 0.15) is 16.5 Å². The molecule has 0 fully saturated rings. The van der Waals surface area contributed by atoms with E-state index in [0.29, 0.717) is 11.3 Å². The topological polar surface area (TPSA) is 149 Å². The number of non-ortho nitro benzene ring substituents is 1. The quantitative estimate of drug-likeness (QED) is 0.145. The Hall–Kier alpha value is -4.69. The zero-order valence-corrected chi connectivity index (χ0v) is 20.1. The maximum Gasteiger partial charge on any atom is 0.339 e. The van der Waals surface area contributed by atoms with Gasteiger partial charge in [0.15, 0.2) is 11.5 Å². The van der Waals surface area contributed by atoms with Crippen LogP contribution >= 0.6 is 0 Å². The Morgan fingerprint density at radius 1 is 1.11 bits per heavy atom. The van der Waals surface area contributed by atoms with Gasteiger partial charge >= 0.3 is 10.1 Å². The van der Waals surface area contributed by atoms with Crippen LogP contribution in [-0.4, -0.2) is 25.9 Å². The molecule has 0 spiro atoms. The molecule has 11 heteroatoms. The van der Waals surface area contributed by atoms with Gasteiger partial charge in [0.05, 0.1) is 11.5 Å². The summed E-state index contributed by atoms with van der Waals surface area (Å²) in [6.07, 6.45) is 1.32. The Bertz CT molecular complexity index is 1470. The first-order chi connectivity index (χ1) is 17.1. The van der Waals surface area contributed by atoms with Gasteiger partial charge in [0.2, 0.25) is 0 Å². The fraction of sp³-hybridized carbons (Fsp3) is 0.120. The molecule has 0 aliphatic heterocycles. The van der Waals surface area contributed by atoms with Crippen molar-refractivity contribution in [1.29, 1.82) is 5.26 Å². The van der Waals surface area contributed by atoms with Gasteiger partial charge in [0.25, 0.3) is 11.6 Å². The van der Waals surface area contributed by atoms with Crippen molar-refractivity contribution >= 4 is 33.5 Å². The fourth-order valence-electron chi connectivity index (χ4n) is 3.02. The van der Waals surface area contributed by atoms with Crippen LogP contribution in [0, 0.1) is 28.4 Å². The Morgan fingerprint density at radius 2 is 1.83 bits per heavy atom. The number of benzene rings is 3. The van der Waals surface area contributed by atoms with Gasteiger partial charge in [-0.15, -0.1) is 0 Å². The summed E-state index contributed by atoms with van der Waals surface area (Å²) in [7, 11) is -4.42. The number of nitrogens with one attached hydrogen (secondary N) is 1. The summed E-state index contributed by atoms with van der Waals surface area (Å²) in [6, 6.07) is 17.5. The molecule has 0 bridgehead atoms. The number of nitro groups is 1. The predicted molar refractivity (Wildman–Crippen MR) is 132 cm³/mol. The minimum atomic E-state index is -4.42. The molecule has 36 heavy (non-hydrogen) atoms. The van der Waals surface area contributed by atoms with E-state index in [1.165, 1.54) is 36.4 Å². The summed E-state index contributed by atoms with van der Waals surface area (Å²) in [5.74, 6) is -0.743. The van der Waals surface area contributed by atoms with E-state index in [2.05, 4.69) is 5.32 Å². The fourth-order valence-corrected chi connectivity index (χ4v) is 4.00. The van der Waals surface area contributed by atoms with Gasteiger partial charge in [-0.1, -0.05) is 29.8 Å². The van der Waals surface area contributed by atoms with Crippen LogP contribution in [-0.2, 0) is 14.9 Å². The Balaban J connectivity index is 1.88. The lowest BCUT2D eigenvalue weighted by atomic mass is 10.1. The van der Waals surface area contributed by atoms with Gasteiger partial charge in [0, 0.05) is 17.8 Å². The number of hydrogen-bond donors (Lipinski definition) is 1. The van der Waals surface area contributed by atoms with Crippen molar-refractivity contribution in [1.82, 2.24) is 0 Å². The highest BCUT2D eigenvalue weighted by Gasteiger charge is 2.22. The summed E-state index contributed by atoms with van der Waals surface area (Å²) in [4.78, 5) is 22.4. The van der Waals surface area contributed by atoms with Crippen molar-refractivity contribution in [3.8, 4) is 17.6 Å². The van der Waals surface area contributed by atoms with E-state index in [-0.39, 0.29) is 23.7 Å². The molecule has 0 aliphatic rings. The zero-order valence-electron chi connectivity index (χ0n) is 19.3. The van der Waals surface area contributed by atoms with E-state index < -0.39 is 31.5 Å². The lowest BCUT2D eigenvalue weighted by Gasteiger charge is -2.13. The second-order valence-corrected chi connectivity index (χ2v) is 8.97. The number of rotatable bonds is 9. The number of nitrogens with zero attached hydrogens (tertiary/aromatic N) is 2. The van der Waals surface area contributed by atoms with Crippen molar-refractivity contribution in [2.45, 2.75) is 18.7 Å². The van der Waals surface area contributed by atoms with E-state index in [4.69, 9.17) is 8.92 Å². The maximum absolute atomic E-state index is 12.7. The lowest BCUT2D eigenvalue weighted by Crippen LogP contribution is -2.13. The van der Waals surface area contributed by atoms with E-state index >= 15 is 0 Å². The Labute approximate surface area is 207 Å². The second-order valence-electron chi connectivity index (χ2n) is 7.42. The van der Waals surface area contributed by atoms with E-state index in [0.717, 1.165) is 17.7 Å². The molecule has 0 aromatic heterocycles. The van der Waals surface area contributed by atoms with Crippen molar-refractivity contribution in [3.05, 3.63) is 93.5 Å². The predicted octanol–water partition coefficient (Wildman–Crippen LogP) is 4.62. The van der Waals surface area contributed by atoms with Crippen molar-refractivity contribution in [2.75, 3.05) is 11.9 Å². The van der Waals surface area contributed by atoms with Crippen LogP contribution in [0.2, 0.25) is 0 Å². The summed E-state index contributed by atoms with van der Waals surface area (Å²) in [5.41, 5.74) is 1.34. The average Bonchev–Trinajstić information content (AvgIpc) is 2.85. The van der Waals surface area contributed by atoms with E-state index in [1.54, 1.807) is 19.1 Å². The normalized spacial score (nSPS) is 11.3. The van der Waals surface area contributed by atoms with Crippen LogP contribution in [0.25, 0.3) is 6.08 Å². The van der Waals surface area contributed by atoms with Gasteiger partial charge in [-0.2, -0.15) is 13.7 Å². The number of ether oxygens (including phenoxy) is 1. The summed E-state index contributed by atoms with van der Waals surface area (Å²) in [5, 5.41) is 23.1. The molecule has 1 N–H and O–H groups in total. The molecular formula is C25H21N3O7S. The number of hydrogen-bond acceptors (Lipinski definition) is 8. The molecule has 0 saturated carbocycles. The van der Waals surface area contributed by atoms with Gasteiger partial charge < -0.3 is 14.2 Å². The zero-order chi connectivity index (χ0) is 26.3. The highest BCUT2D eigenvalue weighted by Crippen LogP contribution is 2.32. The highest BCUT2D eigenvalue weighted by atomic mass is 32.2. The molecular weight excluding hydrogens is 486 g/mol. The number of carbonyl (C=O) groups excluding carboxylic acids is 1. The summed E-state index contributed by atoms with van der Waals surface area (Å²) >= 11 is 0. The minimum Gasteiger partial charge on any atom is -0.490 e. The minimum absolute atomic E-state index is 0.0384. The smallest absolute Gasteiger partial charge is 0.339 e. The van der Waals surface area contributed by atoms with Crippen molar-refractivity contribution in [2.24, 2.45) is 0 Å². The van der Waals surface area contributed by atoms with Crippen molar-refractivity contribution < 1.29 is 27.1 Å². The molecule has 1 amide bonds. The third kappa shape index (κ3) is 6.46. The SMILES string of the molecule is CCOc1cc(/C=C(/C#N)C(=O)Nc2ccc(C)cc2)ccc1OS(=O)(=O)c1cccc([N+](=O)[O-])c1. The molecule has 0 atom stereocenters. The monoisotopic (exact) mass is 507 g/mol. The van der Waals surface area contributed by atoms with Crippen LogP contribution in [0.15, 0.2) is 77.2 Å². The standard InChI is InChI=1S/C25H21N3O7S/c1-3-34-24-14-18(13-19(16-26)25(29)27-20-10-7-17(2)8-11-20)9-12-23(24)35-36(32,33)22-6-4-5-21(15-22)28(30)31/h4-15H,3H2,1-2H3,(H,27,29)/b19-13-. The molecule has 10 nitrogen and oxygen atoms in total. The van der Waals surface area contributed by atoms with Crippen molar-refractivity contribution in [3.63, 3.8) is 0 Å². The molecule has 0 saturated heterocycles. The Kier molecular flexibility index (Phi) is 8.03. The number of amides is 1. The summed E-state index contributed by atoms with van der Waals surface area (Å²) in [6.45, 7) is 3.75. The molecule has 3 rings (SSSR count). The van der Waals surface area contributed by atoms with Crippen LogP contribution in [0.1, 0.15) is 18.1 Å². The molecule has 0 unspecified atom stereocenters. The average molecular weight is 508 g/mol. The molecule has 0 heterocycles. The lowest BCUT2D eigenvalue weighted by molar-refractivity contribution is -0.385. The van der Waals surface area contributed by atoms with Crippen LogP contribution in [0.3, 0.4) is 0 Å². The molecule has 3 aromatic rings. The van der Waals surface area contributed by atoms with E-state index in [1.807, 2.05) is 25.1 Å². The van der Waals surface area contributed by atoms with Crippen LogP contribution in [0.4, 0.5) is 11.4 Å². The number of aryl methyl sites for hydroxylation is 1. The first kappa shape index (κ1) is 25.9. The molecule has 3 aromatic carbocycles. The van der Waals surface area contributed by atoms with Gasteiger partial charge in [-0.25, -0.2) is 0 Å². The highest BCUT2D eigenvalue weighted by molar-refractivity contribution is 7.87. The molecule has 0 radical (unpaired) electrons. The molecule has 184 valence electrons. The van der Waals surface area contributed by atoms with E-state index in [9.17, 15) is 28.6 Å². The Morgan fingerprint density at radius 3 is 2.47 bits per heavy atom. The first-order valence-electron chi connectivity index (χ1n) is 10.6. The number of carbonyl (C=O) groups is 1. The molecule has 0 aliphatic carbocycles. The number of nitriles is 1. The number of anilines is 1. The summed E-state index contributed by atoms with van der Waals surface area (Å²) < 4.78 is 36.1. The maximum atomic E-state index is 12.7. The third-order valence-electron chi connectivity index (χ3n) is 4.77. The van der Waals surface area contributed by atoms with Gasteiger partial charge in [-0.05, 0) is 55.8 Å². The van der Waals surface area contributed by atoms with Gasteiger partial charge in [-0.3, -0.25) is 14.9 Å².